The molecule has 1 N–H and O–H groups in total. The summed E-state index contributed by atoms with van der Waals surface area (Å²) in [4.78, 5) is 36.2. The Hall–Kier alpha value is -2.95. The van der Waals surface area contributed by atoms with Gasteiger partial charge in [-0.2, -0.15) is 0 Å². The summed E-state index contributed by atoms with van der Waals surface area (Å²) < 4.78 is 5.20. The first-order valence-electron chi connectivity index (χ1n) is 9.79. The second-order valence-electron chi connectivity index (χ2n) is 7.07. The monoisotopic (exact) mass is 379 g/mol. The van der Waals surface area contributed by atoms with Crippen LogP contribution in [0.5, 0.6) is 0 Å². The lowest BCUT2D eigenvalue weighted by Crippen LogP contribution is -2.15. The molecule has 1 aliphatic rings. The second-order valence-corrected chi connectivity index (χ2v) is 7.07. The minimum atomic E-state index is -0.481. The highest BCUT2D eigenvalue weighted by molar-refractivity contribution is 6.00. The summed E-state index contributed by atoms with van der Waals surface area (Å²) in [5, 5.41) is 2.77. The zero-order chi connectivity index (χ0) is 19.9. The standard InChI is InChI=1S/C23H25NO4/c1-2-5-22(26)24-20-12-10-17(11-13-20)21(25)15-28-23(27)19-9-8-16-6-3-4-7-18(16)14-19/h8-14H,2-7,15H2,1H3,(H,24,26). The molecule has 0 aliphatic heterocycles. The van der Waals surface area contributed by atoms with Gasteiger partial charge in [0, 0.05) is 17.7 Å². The number of hydrogen-bond donors (Lipinski definition) is 1. The van der Waals surface area contributed by atoms with Crippen molar-refractivity contribution in [1.82, 2.24) is 0 Å². The number of rotatable bonds is 7. The third-order valence-electron chi connectivity index (χ3n) is 4.89. The number of anilines is 1. The van der Waals surface area contributed by atoms with E-state index >= 15 is 0 Å². The maximum atomic E-state index is 12.3. The van der Waals surface area contributed by atoms with E-state index in [0.717, 1.165) is 25.7 Å². The molecule has 0 radical (unpaired) electrons. The third kappa shape index (κ3) is 5.06. The second kappa shape index (κ2) is 9.31. The number of nitrogens with one attached hydrogen (secondary N) is 1. The number of ketones is 1. The van der Waals surface area contributed by atoms with Gasteiger partial charge in [0.1, 0.15) is 0 Å². The molecule has 0 heterocycles. The van der Waals surface area contributed by atoms with Crippen molar-refractivity contribution in [3.05, 3.63) is 64.7 Å². The molecule has 0 atom stereocenters. The lowest BCUT2D eigenvalue weighted by atomic mass is 9.90. The van der Waals surface area contributed by atoms with E-state index in [2.05, 4.69) is 5.32 Å². The number of hydrogen-bond acceptors (Lipinski definition) is 4. The highest BCUT2D eigenvalue weighted by atomic mass is 16.5. The Bertz CT molecular complexity index is 871. The minimum absolute atomic E-state index is 0.0550. The summed E-state index contributed by atoms with van der Waals surface area (Å²) in [6, 6.07) is 12.2. The summed E-state index contributed by atoms with van der Waals surface area (Å²) in [7, 11) is 0. The molecular weight excluding hydrogens is 354 g/mol. The van der Waals surface area contributed by atoms with Gasteiger partial charge in [-0.15, -0.1) is 0 Å². The molecule has 1 amide bonds. The molecule has 3 rings (SSSR count). The molecule has 1 aliphatic carbocycles. The van der Waals surface area contributed by atoms with Gasteiger partial charge in [0.25, 0.3) is 0 Å². The molecular formula is C23H25NO4. The van der Waals surface area contributed by atoms with Crippen LogP contribution in [0.4, 0.5) is 5.69 Å². The van der Waals surface area contributed by atoms with Crippen LogP contribution in [0.25, 0.3) is 0 Å². The molecule has 0 bridgehead atoms. The molecule has 0 unspecified atom stereocenters. The maximum Gasteiger partial charge on any atom is 0.338 e. The Balaban J connectivity index is 1.55. The van der Waals surface area contributed by atoms with Crippen LogP contribution in [-0.2, 0) is 22.4 Å². The average molecular weight is 379 g/mol. The van der Waals surface area contributed by atoms with Crippen LogP contribution in [0, 0.1) is 0 Å². The highest BCUT2D eigenvalue weighted by Crippen LogP contribution is 2.22. The van der Waals surface area contributed by atoms with E-state index in [-0.39, 0.29) is 18.3 Å². The number of aryl methyl sites for hydroxylation is 2. The van der Waals surface area contributed by atoms with E-state index in [1.165, 1.54) is 17.5 Å². The van der Waals surface area contributed by atoms with E-state index in [9.17, 15) is 14.4 Å². The Kier molecular flexibility index (Phi) is 6.58. The fourth-order valence-corrected chi connectivity index (χ4v) is 3.35. The normalized spacial score (nSPS) is 12.8. The van der Waals surface area contributed by atoms with Gasteiger partial charge >= 0.3 is 5.97 Å². The lowest BCUT2D eigenvalue weighted by Gasteiger charge is -2.16. The summed E-state index contributed by atoms with van der Waals surface area (Å²) in [5.41, 5.74) is 4.06. The van der Waals surface area contributed by atoms with Crippen molar-refractivity contribution in [2.45, 2.75) is 45.4 Å². The van der Waals surface area contributed by atoms with Crippen LogP contribution >= 0.6 is 0 Å². The van der Waals surface area contributed by atoms with Gasteiger partial charge in [0.15, 0.2) is 12.4 Å². The first-order valence-corrected chi connectivity index (χ1v) is 9.79. The Morgan fingerprint density at radius 1 is 0.929 bits per heavy atom. The number of benzene rings is 2. The van der Waals surface area contributed by atoms with Gasteiger partial charge < -0.3 is 10.1 Å². The Morgan fingerprint density at radius 2 is 1.61 bits per heavy atom. The van der Waals surface area contributed by atoms with Gasteiger partial charge in [-0.25, -0.2) is 4.79 Å². The summed E-state index contributed by atoms with van der Waals surface area (Å²) in [6.45, 7) is 1.63. The predicted octanol–water partition coefficient (Wildman–Crippen LogP) is 4.34. The van der Waals surface area contributed by atoms with Crippen molar-refractivity contribution >= 4 is 23.3 Å². The van der Waals surface area contributed by atoms with Gasteiger partial charge in [0.2, 0.25) is 5.91 Å². The molecule has 0 fully saturated rings. The topological polar surface area (TPSA) is 72.5 Å². The zero-order valence-electron chi connectivity index (χ0n) is 16.1. The highest BCUT2D eigenvalue weighted by Gasteiger charge is 2.15. The number of ether oxygens (including phenoxy) is 1. The van der Waals surface area contributed by atoms with Crippen molar-refractivity contribution < 1.29 is 19.1 Å². The van der Waals surface area contributed by atoms with Crippen molar-refractivity contribution in [3.63, 3.8) is 0 Å². The van der Waals surface area contributed by atoms with Gasteiger partial charge in [-0.3, -0.25) is 9.59 Å². The molecule has 2 aromatic rings. The Morgan fingerprint density at radius 3 is 2.32 bits per heavy atom. The summed E-state index contributed by atoms with van der Waals surface area (Å²) >= 11 is 0. The molecule has 0 aromatic heterocycles. The predicted molar refractivity (Wildman–Crippen MR) is 108 cm³/mol. The molecule has 5 nitrogen and oxygen atoms in total. The van der Waals surface area contributed by atoms with Crippen LogP contribution in [0.3, 0.4) is 0 Å². The first kappa shape index (κ1) is 19.8. The SMILES string of the molecule is CCCC(=O)Nc1ccc(C(=O)COC(=O)c2ccc3c(c2)CCCC3)cc1. The van der Waals surface area contributed by atoms with E-state index in [4.69, 9.17) is 4.74 Å². The van der Waals surface area contributed by atoms with Crippen molar-refractivity contribution in [3.8, 4) is 0 Å². The third-order valence-corrected chi connectivity index (χ3v) is 4.89. The first-order chi connectivity index (χ1) is 13.6. The van der Waals surface area contributed by atoms with Crippen LogP contribution in [0.15, 0.2) is 42.5 Å². The van der Waals surface area contributed by atoms with E-state index in [0.29, 0.717) is 23.2 Å². The fraction of sp³-hybridized carbons (Fsp3) is 0.348. The molecule has 0 spiro atoms. The van der Waals surface area contributed by atoms with Gasteiger partial charge in [-0.05, 0) is 79.6 Å². The number of fused-ring (bicyclic) bond motifs is 1. The van der Waals surface area contributed by atoms with Crippen LogP contribution in [-0.4, -0.2) is 24.3 Å². The largest absolute Gasteiger partial charge is 0.454 e. The van der Waals surface area contributed by atoms with E-state index in [1.807, 2.05) is 19.1 Å². The number of carbonyl (C=O) groups excluding carboxylic acids is 3. The van der Waals surface area contributed by atoms with Crippen molar-refractivity contribution in [2.75, 3.05) is 11.9 Å². The Labute approximate surface area is 165 Å². The molecule has 0 saturated heterocycles. The summed E-state index contributed by atoms with van der Waals surface area (Å²) in [5.74, 6) is -0.816. The van der Waals surface area contributed by atoms with Crippen LogP contribution in [0.2, 0.25) is 0 Å². The number of amides is 1. The molecule has 5 heteroatoms. The van der Waals surface area contributed by atoms with Gasteiger partial charge in [0.05, 0.1) is 5.56 Å². The van der Waals surface area contributed by atoms with Crippen LogP contribution in [0.1, 0.15) is 64.4 Å². The molecule has 146 valence electrons. The number of esters is 1. The average Bonchev–Trinajstić information content (AvgIpc) is 2.72. The fourth-order valence-electron chi connectivity index (χ4n) is 3.35. The van der Waals surface area contributed by atoms with Crippen molar-refractivity contribution in [2.24, 2.45) is 0 Å². The quantitative estimate of drug-likeness (QED) is 0.574. The molecule has 2 aromatic carbocycles. The van der Waals surface area contributed by atoms with Crippen molar-refractivity contribution in [1.29, 1.82) is 0 Å². The smallest absolute Gasteiger partial charge is 0.338 e. The zero-order valence-corrected chi connectivity index (χ0v) is 16.1. The molecule has 0 saturated carbocycles. The minimum Gasteiger partial charge on any atom is -0.454 e. The van der Waals surface area contributed by atoms with E-state index in [1.54, 1.807) is 30.3 Å². The van der Waals surface area contributed by atoms with Crippen LogP contribution < -0.4 is 5.32 Å². The number of Topliss-reactive ketones (excluding diaryl/α,β-unsaturated/α-hetero) is 1. The number of carbonyl (C=O) groups is 3. The van der Waals surface area contributed by atoms with Gasteiger partial charge in [-0.1, -0.05) is 13.0 Å². The molecule has 28 heavy (non-hydrogen) atoms. The summed E-state index contributed by atoms with van der Waals surface area (Å²) in [6.07, 6.45) is 5.59. The lowest BCUT2D eigenvalue weighted by molar-refractivity contribution is -0.116. The van der Waals surface area contributed by atoms with E-state index < -0.39 is 5.97 Å². The maximum absolute atomic E-state index is 12.3.